The zero-order valence-electron chi connectivity index (χ0n) is 14.9. The highest BCUT2D eigenvalue weighted by Gasteiger charge is 2.15. The minimum Gasteiger partial charge on any atom is -0.487 e. The molecule has 138 valence electrons. The first-order chi connectivity index (χ1) is 12.5. The maximum Gasteiger partial charge on any atom is 0.338 e. The van der Waals surface area contributed by atoms with Crippen molar-refractivity contribution in [1.82, 2.24) is 9.88 Å². The fourth-order valence-corrected chi connectivity index (χ4v) is 2.73. The van der Waals surface area contributed by atoms with Crippen LogP contribution in [-0.2, 0) is 16.1 Å². The van der Waals surface area contributed by atoms with Crippen molar-refractivity contribution >= 4 is 23.2 Å². The van der Waals surface area contributed by atoms with Crippen molar-refractivity contribution in [1.29, 1.82) is 0 Å². The molecule has 0 aliphatic carbocycles. The number of rotatable bonds is 9. The highest BCUT2D eigenvalue weighted by atomic mass is 32.1. The van der Waals surface area contributed by atoms with Crippen molar-refractivity contribution in [2.75, 3.05) is 19.7 Å². The highest BCUT2D eigenvalue weighted by molar-refractivity contribution is 7.07. The third-order valence-electron chi connectivity index (χ3n) is 3.46. The van der Waals surface area contributed by atoms with E-state index in [1.165, 1.54) is 11.3 Å². The van der Waals surface area contributed by atoms with E-state index in [0.717, 1.165) is 11.3 Å². The van der Waals surface area contributed by atoms with Gasteiger partial charge in [-0.15, -0.1) is 11.3 Å². The molecule has 0 spiro atoms. The van der Waals surface area contributed by atoms with Gasteiger partial charge in [-0.3, -0.25) is 4.79 Å². The number of nitrogens with zero attached hydrogens (tertiary/aromatic N) is 2. The number of amides is 1. The molecule has 2 aromatic rings. The van der Waals surface area contributed by atoms with Gasteiger partial charge in [-0.25, -0.2) is 9.78 Å². The number of thiazole rings is 1. The lowest BCUT2D eigenvalue weighted by Crippen LogP contribution is -2.35. The third kappa shape index (κ3) is 6.00. The summed E-state index contributed by atoms with van der Waals surface area (Å²) in [6.45, 7) is 8.51. The standard InChI is InChI=1S/C19H22N2O4S/c1-4-21(9-14(2)3)18(22)11-25-19(23)15-6-5-7-17(8-15)24-10-16-12-26-13-20-16/h5-8,12-13H,2,4,9-11H2,1,3H3. The van der Waals surface area contributed by atoms with Crippen LogP contribution in [0.4, 0.5) is 0 Å². The van der Waals surface area contributed by atoms with Crippen LogP contribution in [0.5, 0.6) is 5.75 Å². The van der Waals surface area contributed by atoms with E-state index >= 15 is 0 Å². The Balaban J connectivity index is 1.89. The smallest absolute Gasteiger partial charge is 0.338 e. The van der Waals surface area contributed by atoms with Gasteiger partial charge < -0.3 is 14.4 Å². The molecule has 1 aromatic heterocycles. The molecule has 0 atom stereocenters. The molecule has 0 fully saturated rings. The van der Waals surface area contributed by atoms with E-state index in [9.17, 15) is 9.59 Å². The molecule has 0 aliphatic heterocycles. The van der Waals surface area contributed by atoms with Gasteiger partial charge in [-0.2, -0.15) is 0 Å². The molecule has 6 nitrogen and oxygen atoms in total. The van der Waals surface area contributed by atoms with Crippen LogP contribution in [0.1, 0.15) is 29.9 Å². The van der Waals surface area contributed by atoms with E-state index < -0.39 is 5.97 Å². The Bertz CT molecular complexity index is 759. The van der Waals surface area contributed by atoms with E-state index in [2.05, 4.69) is 11.6 Å². The maximum atomic E-state index is 12.2. The van der Waals surface area contributed by atoms with Gasteiger partial charge in [0.25, 0.3) is 5.91 Å². The lowest BCUT2D eigenvalue weighted by atomic mass is 10.2. The number of esters is 1. The van der Waals surface area contributed by atoms with E-state index in [1.807, 2.05) is 19.2 Å². The first-order valence-corrected chi connectivity index (χ1v) is 9.13. The Morgan fingerprint density at radius 3 is 2.81 bits per heavy atom. The number of hydrogen-bond donors (Lipinski definition) is 0. The molecular formula is C19H22N2O4S. The zero-order valence-corrected chi connectivity index (χ0v) is 15.8. The third-order valence-corrected chi connectivity index (χ3v) is 4.10. The van der Waals surface area contributed by atoms with Crippen LogP contribution in [0.15, 0.2) is 47.3 Å². The van der Waals surface area contributed by atoms with Crippen molar-refractivity contribution in [3.05, 3.63) is 58.6 Å². The lowest BCUT2D eigenvalue weighted by molar-refractivity contribution is -0.133. The second kappa shape index (κ2) is 9.72. The van der Waals surface area contributed by atoms with Gasteiger partial charge in [0.05, 0.1) is 16.8 Å². The summed E-state index contributed by atoms with van der Waals surface area (Å²) in [5, 5.41) is 1.90. The van der Waals surface area contributed by atoms with E-state index in [0.29, 0.717) is 31.0 Å². The second-order valence-corrected chi connectivity index (χ2v) is 6.46. The van der Waals surface area contributed by atoms with Crippen LogP contribution in [0.2, 0.25) is 0 Å². The quantitative estimate of drug-likeness (QED) is 0.498. The van der Waals surface area contributed by atoms with Crippen LogP contribution in [-0.4, -0.2) is 41.5 Å². The molecule has 1 heterocycles. The van der Waals surface area contributed by atoms with Crippen molar-refractivity contribution < 1.29 is 19.1 Å². The summed E-state index contributed by atoms with van der Waals surface area (Å²) in [5.74, 6) is -0.278. The molecule has 0 saturated carbocycles. The Kier molecular flexibility index (Phi) is 7.35. The predicted octanol–water partition coefficient (Wildman–Crippen LogP) is 3.30. The first kappa shape index (κ1) is 19.7. The highest BCUT2D eigenvalue weighted by Crippen LogP contribution is 2.16. The molecule has 26 heavy (non-hydrogen) atoms. The topological polar surface area (TPSA) is 68.7 Å². The fourth-order valence-electron chi connectivity index (χ4n) is 2.18. The molecular weight excluding hydrogens is 352 g/mol. The fraction of sp³-hybridized carbons (Fsp3) is 0.316. The van der Waals surface area contributed by atoms with Gasteiger partial charge in [-0.1, -0.05) is 18.2 Å². The molecule has 0 N–H and O–H groups in total. The summed E-state index contributed by atoms with van der Waals surface area (Å²) in [6.07, 6.45) is 0. The predicted molar refractivity (Wildman–Crippen MR) is 100 cm³/mol. The van der Waals surface area contributed by atoms with Gasteiger partial charge in [0, 0.05) is 18.5 Å². The van der Waals surface area contributed by atoms with Gasteiger partial charge in [-0.05, 0) is 32.0 Å². The minimum atomic E-state index is -0.566. The van der Waals surface area contributed by atoms with Crippen LogP contribution in [0.3, 0.4) is 0 Å². The maximum absolute atomic E-state index is 12.2. The average molecular weight is 374 g/mol. The summed E-state index contributed by atoms with van der Waals surface area (Å²) in [5.41, 5.74) is 3.76. The molecule has 0 unspecified atom stereocenters. The number of aromatic nitrogens is 1. The molecule has 0 bridgehead atoms. The van der Waals surface area contributed by atoms with Crippen molar-refractivity contribution in [2.45, 2.75) is 20.5 Å². The zero-order chi connectivity index (χ0) is 18.9. The van der Waals surface area contributed by atoms with E-state index in [-0.39, 0.29) is 12.5 Å². The largest absolute Gasteiger partial charge is 0.487 e. The number of benzene rings is 1. The Labute approximate surface area is 157 Å². The molecule has 1 aromatic carbocycles. The SMILES string of the molecule is C=C(C)CN(CC)C(=O)COC(=O)c1cccc(OCc2cscn2)c1. The Morgan fingerprint density at radius 2 is 2.15 bits per heavy atom. The minimum absolute atomic E-state index is 0.250. The van der Waals surface area contributed by atoms with Gasteiger partial charge in [0.1, 0.15) is 12.4 Å². The van der Waals surface area contributed by atoms with Crippen molar-refractivity contribution in [2.24, 2.45) is 0 Å². The second-order valence-electron chi connectivity index (χ2n) is 5.74. The number of hydrogen-bond acceptors (Lipinski definition) is 6. The lowest BCUT2D eigenvalue weighted by Gasteiger charge is -2.20. The van der Waals surface area contributed by atoms with E-state index in [1.54, 1.807) is 34.7 Å². The molecule has 0 radical (unpaired) electrons. The van der Waals surface area contributed by atoms with Gasteiger partial charge in [0.15, 0.2) is 6.61 Å². The van der Waals surface area contributed by atoms with Crippen LogP contribution in [0, 0.1) is 0 Å². The molecule has 7 heteroatoms. The van der Waals surface area contributed by atoms with Crippen LogP contribution in [0.25, 0.3) is 0 Å². The number of carbonyl (C=O) groups is 2. The number of ether oxygens (including phenoxy) is 2. The summed E-state index contributed by atoms with van der Waals surface area (Å²) < 4.78 is 10.8. The number of likely N-dealkylation sites (N-methyl/N-ethyl adjacent to an activating group) is 1. The van der Waals surface area contributed by atoms with Crippen molar-refractivity contribution in [3.8, 4) is 5.75 Å². The number of carbonyl (C=O) groups excluding carboxylic acids is 2. The van der Waals surface area contributed by atoms with Crippen molar-refractivity contribution in [3.63, 3.8) is 0 Å². The van der Waals surface area contributed by atoms with E-state index in [4.69, 9.17) is 9.47 Å². The Morgan fingerprint density at radius 1 is 1.35 bits per heavy atom. The van der Waals surface area contributed by atoms with Gasteiger partial charge in [0.2, 0.25) is 0 Å². The molecule has 2 rings (SSSR count). The summed E-state index contributed by atoms with van der Waals surface area (Å²) >= 11 is 1.49. The van der Waals surface area contributed by atoms with Crippen LogP contribution < -0.4 is 4.74 Å². The summed E-state index contributed by atoms with van der Waals surface area (Å²) in [6, 6.07) is 6.66. The normalized spacial score (nSPS) is 10.2. The Hall–Kier alpha value is -2.67. The molecule has 1 amide bonds. The molecule has 0 saturated heterocycles. The molecule has 0 aliphatic rings. The van der Waals surface area contributed by atoms with Crippen LogP contribution >= 0.6 is 11.3 Å². The first-order valence-electron chi connectivity index (χ1n) is 8.18. The van der Waals surface area contributed by atoms with Gasteiger partial charge >= 0.3 is 5.97 Å². The summed E-state index contributed by atoms with van der Waals surface area (Å²) in [4.78, 5) is 30.0. The summed E-state index contributed by atoms with van der Waals surface area (Å²) in [7, 11) is 0. The average Bonchev–Trinajstić information content (AvgIpc) is 3.15. The monoisotopic (exact) mass is 374 g/mol.